The largest absolute Gasteiger partial charge is 0.457 e. The standard InChI is InChI=1S/C19H19F3N2O3/c20-19(21,22)16-3-1-2-4-17(16)27-15-7-5-13(6-8-15)23-18(25)24-14-9-11-26-12-10-14/h1-8,14H,9-12H2,(H2,23,24,25). The fraction of sp³-hybridized carbons (Fsp3) is 0.316. The van der Waals surface area contributed by atoms with Crippen LogP contribution < -0.4 is 15.4 Å². The van der Waals surface area contributed by atoms with E-state index in [1.165, 1.54) is 30.3 Å². The molecule has 0 unspecified atom stereocenters. The van der Waals surface area contributed by atoms with Crippen molar-refractivity contribution in [1.82, 2.24) is 5.32 Å². The summed E-state index contributed by atoms with van der Waals surface area (Å²) in [7, 11) is 0. The van der Waals surface area contributed by atoms with Crippen molar-refractivity contribution in [3.63, 3.8) is 0 Å². The van der Waals surface area contributed by atoms with E-state index < -0.39 is 11.7 Å². The zero-order valence-corrected chi connectivity index (χ0v) is 14.4. The molecule has 1 heterocycles. The molecule has 0 spiro atoms. The van der Waals surface area contributed by atoms with E-state index in [1.807, 2.05) is 0 Å². The van der Waals surface area contributed by atoms with Crippen molar-refractivity contribution >= 4 is 11.7 Å². The number of hydrogen-bond acceptors (Lipinski definition) is 3. The van der Waals surface area contributed by atoms with Gasteiger partial charge in [-0.25, -0.2) is 4.79 Å². The minimum Gasteiger partial charge on any atom is -0.457 e. The molecule has 2 amide bonds. The summed E-state index contributed by atoms with van der Waals surface area (Å²) in [6.45, 7) is 1.24. The number of nitrogens with one attached hydrogen (secondary N) is 2. The van der Waals surface area contributed by atoms with Gasteiger partial charge in [0.15, 0.2) is 0 Å². The summed E-state index contributed by atoms with van der Waals surface area (Å²) in [5, 5.41) is 5.55. The topological polar surface area (TPSA) is 59.6 Å². The molecule has 0 saturated carbocycles. The van der Waals surface area contributed by atoms with Crippen LogP contribution in [0.25, 0.3) is 0 Å². The van der Waals surface area contributed by atoms with Gasteiger partial charge in [-0.2, -0.15) is 13.2 Å². The van der Waals surface area contributed by atoms with Crippen LogP contribution in [0.15, 0.2) is 48.5 Å². The summed E-state index contributed by atoms with van der Waals surface area (Å²) in [5.41, 5.74) is -0.334. The summed E-state index contributed by atoms with van der Waals surface area (Å²) >= 11 is 0. The Morgan fingerprint density at radius 2 is 1.70 bits per heavy atom. The minimum absolute atomic E-state index is 0.0697. The molecule has 3 rings (SSSR count). The number of carbonyl (C=O) groups is 1. The van der Waals surface area contributed by atoms with Crippen molar-refractivity contribution in [2.45, 2.75) is 25.1 Å². The second-order valence-electron chi connectivity index (χ2n) is 6.11. The molecular weight excluding hydrogens is 361 g/mol. The van der Waals surface area contributed by atoms with Crippen LogP contribution in [-0.2, 0) is 10.9 Å². The van der Waals surface area contributed by atoms with Gasteiger partial charge >= 0.3 is 12.2 Å². The second-order valence-corrected chi connectivity index (χ2v) is 6.11. The number of carbonyl (C=O) groups excluding carboxylic acids is 1. The van der Waals surface area contributed by atoms with Gasteiger partial charge in [-0.3, -0.25) is 0 Å². The maximum absolute atomic E-state index is 13.0. The summed E-state index contributed by atoms with van der Waals surface area (Å²) in [6.07, 6.45) is -2.97. The Hall–Kier alpha value is -2.74. The molecule has 0 aliphatic carbocycles. The molecule has 8 heteroatoms. The Labute approximate surface area is 154 Å². The van der Waals surface area contributed by atoms with Crippen molar-refractivity contribution in [2.24, 2.45) is 0 Å². The molecular formula is C19H19F3N2O3. The molecule has 27 heavy (non-hydrogen) atoms. The smallest absolute Gasteiger partial charge is 0.419 e. The maximum atomic E-state index is 13.0. The highest BCUT2D eigenvalue weighted by Gasteiger charge is 2.34. The number of anilines is 1. The first-order chi connectivity index (χ1) is 12.9. The predicted molar refractivity (Wildman–Crippen MR) is 94.0 cm³/mol. The molecule has 5 nitrogen and oxygen atoms in total. The van der Waals surface area contributed by atoms with E-state index in [0.717, 1.165) is 18.9 Å². The molecule has 0 radical (unpaired) electrons. The second kappa shape index (κ2) is 8.30. The Morgan fingerprint density at radius 1 is 1.04 bits per heavy atom. The molecule has 1 saturated heterocycles. The SMILES string of the molecule is O=C(Nc1ccc(Oc2ccccc2C(F)(F)F)cc1)NC1CCOCC1. The van der Waals surface area contributed by atoms with Gasteiger partial charge in [-0.15, -0.1) is 0 Å². The zero-order valence-electron chi connectivity index (χ0n) is 14.4. The lowest BCUT2D eigenvalue weighted by atomic mass is 10.1. The van der Waals surface area contributed by atoms with E-state index in [9.17, 15) is 18.0 Å². The fourth-order valence-corrected chi connectivity index (χ4v) is 2.72. The van der Waals surface area contributed by atoms with Gasteiger partial charge in [-0.05, 0) is 49.2 Å². The molecule has 1 aliphatic rings. The number of rotatable bonds is 4. The Bertz CT molecular complexity index is 773. The molecule has 1 aliphatic heterocycles. The molecule has 1 fully saturated rings. The summed E-state index contributed by atoms with van der Waals surface area (Å²) in [4.78, 5) is 12.0. The van der Waals surface area contributed by atoms with Crippen molar-refractivity contribution in [1.29, 1.82) is 0 Å². The molecule has 0 atom stereocenters. The van der Waals surface area contributed by atoms with Gasteiger partial charge in [0.05, 0.1) is 5.56 Å². The van der Waals surface area contributed by atoms with Crippen LogP contribution in [0, 0.1) is 0 Å². The van der Waals surface area contributed by atoms with E-state index in [4.69, 9.17) is 9.47 Å². The Balaban J connectivity index is 1.60. The average molecular weight is 380 g/mol. The van der Waals surface area contributed by atoms with Crippen LogP contribution in [0.1, 0.15) is 18.4 Å². The number of para-hydroxylation sites is 1. The van der Waals surface area contributed by atoms with Crippen LogP contribution in [0.4, 0.5) is 23.7 Å². The van der Waals surface area contributed by atoms with Crippen LogP contribution >= 0.6 is 0 Å². The van der Waals surface area contributed by atoms with Gasteiger partial charge in [0.2, 0.25) is 0 Å². The van der Waals surface area contributed by atoms with Crippen molar-refractivity contribution in [3.8, 4) is 11.5 Å². The van der Waals surface area contributed by atoms with Crippen LogP contribution in [0.2, 0.25) is 0 Å². The van der Waals surface area contributed by atoms with Crippen molar-refractivity contribution < 1.29 is 27.4 Å². The monoisotopic (exact) mass is 380 g/mol. The van der Waals surface area contributed by atoms with E-state index in [0.29, 0.717) is 18.9 Å². The number of amides is 2. The van der Waals surface area contributed by atoms with E-state index in [1.54, 1.807) is 12.1 Å². The van der Waals surface area contributed by atoms with Crippen molar-refractivity contribution in [3.05, 3.63) is 54.1 Å². The number of ether oxygens (including phenoxy) is 2. The minimum atomic E-state index is -4.50. The first-order valence-electron chi connectivity index (χ1n) is 8.51. The lowest BCUT2D eigenvalue weighted by Crippen LogP contribution is -2.41. The predicted octanol–water partition coefficient (Wildman–Crippen LogP) is 4.80. The Kier molecular flexibility index (Phi) is 5.85. The van der Waals surface area contributed by atoms with Gasteiger partial charge in [-0.1, -0.05) is 12.1 Å². The summed E-state index contributed by atoms with van der Waals surface area (Å²) in [6, 6.07) is 10.9. The summed E-state index contributed by atoms with van der Waals surface area (Å²) < 4.78 is 49.6. The highest BCUT2D eigenvalue weighted by atomic mass is 19.4. The number of halogens is 3. The van der Waals surface area contributed by atoms with Gasteiger partial charge in [0, 0.05) is 24.9 Å². The van der Waals surface area contributed by atoms with Crippen molar-refractivity contribution in [2.75, 3.05) is 18.5 Å². The third-order valence-electron chi connectivity index (χ3n) is 4.09. The molecule has 144 valence electrons. The first-order valence-corrected chi connectivity index (χ1v) is 8.51. The van der Waals surface area contributed by atoms with E-state index in [2.05, 4.69) is 10.6 Å². The highest BCUT2D eigenvalue weighted by molar-refractivity contribution is 5.89. The van der Waals surface area contributed by atoms with Crippen LogP contribution in [0.3, 0.4) is 0 Å². The first kappa shape index (κ1) is 19.0. The third-order valence-corrected chi connectivity index (χ3v) is 4.09. The zero-order chi connectivity index (χ0) is 19.3. The van der Waals surface area contributed by atoms with E-state index in [-0.39, 0.29) is 23.6 Å². The van der Waals surface area contributed by atoms with Gasteiger partial charge in [0.25, 0.3) is 0 Å². The lowest BCUT2D eigenvalue weighted by molar-refractivity contribution is -0.138. The Morgan fingerprint density at radius 3 is 2.37 bits per heavy atom. The molecule has 0 aromatic heterocycles. The fourth-order valence-electron chi connectivity index (χ4n) is 2.72. The summed E-state index contributed by atoms with van der Waals surface area (Å²) in [5.74, 6) is -0.0370. The number of benzene rings is 2. The highest BCUT2D eigenvalue weighted by Crippen LogP contribution is 2.37. The third kappa shape index (κ3) is 5.37. The normalized spacial score (nSPS) is 15.2. The van der Waals surface area contributed by atoms with Gasteiger partial charge in [0.1, 0.15) is 11.5 Å². The average Bonchev–Trinajstić information content (AvgIpc) is 2.64. The molecule has 0 bridgehead atoms. The van der Waals surface area contributed by atoms with Crippen LogP contribution in [-0.4, -0.2) is 25.3 Å². The molecule has 2 N–H and O–H groups in total. The number of hydrogen-bond donors (Lipinski definition) is 2. The number of urea groups is 1. The number of alkyl halides is 3. The molecule has 2 aromatic carbocycles. The quantitative estimate of drug-likeness (QED) is 0.801. The molecule has 2 aromatic rings. The van der Waals surface area contributed by atoms with Crippen LogP contribution in [0.5, 0.6) is 11.5 Å². The van der Waals surface area contributed by atoms with E-state index >= 15 is 0 Å². The van der Waals surface area contributed by atoms with Gasteiger partial charge < -0.3 is 20.1 Å². The maximum Gasteiger partial charge on any atom is 0.419 e. The lowest BCUT2D eigenvalue weighted by Gasteiger charge is -2.23.